The zero-order valence-corrected chi connectivity index (χ0v) is 26.8. The van der Waals surface area contributed by atoms with Crippen molar-refractivity contribution in [2.75, 3.05) is 13.2 Å². The minimum absolute atomic E-state index is 0.0978. The molecule has 0 spiro atoms. The van der Waals surface area contributed by atoms with E-state index in [0.29, 0.717) is 36.4 Å². The second kappa shape index (κ2) is 22.8. The molecule has 0 bridgehead atoms. The Bertz CT molecular complexity index is 1140. The third-order valence-corrected chi connectivity index (χ3v) is 7.59. The summed E-state index contributed by atoms with van der Waals surface area (Å²) in [6, 6.07) is 5.20. The molecule has 1 amide bonds. The van der Waals surface area contributed by atoms with E-state index >= 15 is 0 Å². The SMILES string of the molecule is CC#CCOc1ccc(C[C@H](NC(=O)[C@@H](/C=C/CCCCCCC(=O)CCCCCCC)[C@@](O)(CCO)C(=O)O)C(=O)O)cc1. The fourth-order valence-corrected chi connectivity index (χ4v) is 4.86. The minimum atomic E-state index is -2.64. The number of Topliss-reactive ketones (excluding diaryl/α,β-unsaturated/α-hetero) is 1. The van der Waals surface area contributed by atoms with E-state index in [0.717, 1.165) is 38.5 Å². The van der Waals surface area contributed by atoms with E-state index < -0.39 is 48.4 Å². The molecule has 5 N–H and O–H groups in total. The summed E-state index contributed by atoms with van der Waals surface area (Å²) in [5.74, 6) is 0.657. The first-order chi connectivity index (χ1) is 21.6. The standard InChI is InChI=1S/C35H51NO9/c1-3-5-7-10-13-16-28(38)17-14-11-8-9-12-15-18-30(35(44,23-24-37)34(42)43)32(39)36-31(33(40)41)26-27-19-21-29(22-20-27)45-25-6-4-2/h15,18-22,30-31,37,44H,3,5,7-14,16-17,23-26H2,1-2H3,(H,36,39)(H,40,41)(H,42,43)/b18-15+/t30-,31+,35+/m1/s1. The lowest BCUT2D eigenvalue weighted by Crippen LogP contribution is -2.55. The predicted octanol–water partition coefficient (Wildman–Crippen LogP) is 4.84. The number of hydrogen-bond acceptors (Lipinski definition) is 7. The van der Waals surface area contributed by atoms with Crippen LogP contribution in [-0.2, 0) is 25.6 Å². The van der Waals surface area contributed by atoms with Gasteiger partial charge in [-0.1, -0.05) is 75.7 Å². The zero-order valence-electron chi connectivity index (χ0n) is 26.8. The fraction of sp³-hybridized carbons (Fsp3) is 0.600. The molecule has 0 aliphatic heterocycles. The topological polar surface area (TPSA) is 170 Å². The Hall–Kier alpha value is -3.68. The van der Waals surface area contributed by atoms with Crippen LogP contribution >= 0.6 is 0 Å². The number of ether oxygens (including phenoxy) is 1. The third-order valence-electron chi connectivity index (χ3n) is 7.59. The van der Waals surface area contributed by atoms with Crippen molar-refractivity contribution in [1.82, 2.24) is 5.32 Å². The van der Waals surface area contributed by atoms with E-state index in [2.05, 4.69) is 24.1 Å². The van der Waals surface area contributed by atoms with Crippen LogP contribution in [-0.4, -0.2) is 68.9 Å². The number of hydrogen-bond donors (Lipinski definition) is 5. The molecule has 0 aromatic heterocycles. The van der Waals surface area contributed by atoms with Crippen molar-refractivity contribution in [1.29, 1.82) is 0 Å². The number of aliphatic hydroxyl groups excluding tert-OH is 1. The number of carboxylic acid groups (broad SMARTS) is 2. The monoisotopic (exact) mass is 629 g/mol. The van der Waals surface area contributed by atoms with Gasteiger partial charge in [-0.3, -0.25) is 9.59 Å². The number of ketones is 1. The van der Waals surface area contributed by atoms with Crippen LogP contribution in [0.1, 0.15) is 103 Å². The summed E-state index contributed by atoms with van der Waals surface area (Å²) in [6.45, 7) is 3.36. The van der Waals surface area contributed by atoms with E-state index in [1.165, 1.54) is 25.3 Å². The summed E-state index contributed by atoms with van der Waals surface area (Å²) in [7, 11) is 0. The molecule has 0 fully saturated rings. The minimum Gasteiger partial charge on any atom is -0.481 e. The molecule has 0 aliphatic rings. The second-order valence-corrected chi connectivity index (χ2v) is 11.2. The molecule has 3 atom stereocenters. The number of carboxylic acids is 2. The van der Waals surface area contributed by atoms with Gasteiger partial charge in [0.2, 0.25) is 5.91 Å². The first-order valence-electron chi connectivity index (χ1n) is 16.0. The lowest BCUT2D eigenvalue weighted by Gasteiger charge is -2.30. The second-order valence-electron chi connectivity index (χ2n) is 11.2. The number of carbonyl (C=O) groups excluding carboxylic acids is 2. The largest absolute Gasteiger partial charge is 0.481 e. The summed E-state index contributed by atoms with van der Waals surface area (Å²) in [6.07, 6.45) is 12.6. The fourth-order valence-electron chi connectivity index (χ4n) is 4.86. The van der Waals surface area contributed by atoms with Crippen LogP contribution in [0.15, 0.2) is 36.4 Å². The molecule has 0 heterocycles. The Balaban J connectivity index is 2.76. The summed E-state index contributed by atoms with van der Waals surface area (Å²) in [5.41, 5.74) is -2.06. The molecule has 1 rings (SSSR count). The first kappa shape index (κ1) is 39.3. The van der Waals surface area contributed by atoms with Gasteiger partial charge in [0, 0.05) is 32.3 Å². The molecule has 10 heteroatoms. The summed E-state index contributed by atoms with van der Waals surface area (Å²) in [4.78, 5) is 49.4. The Morgan fingerprint density at radius 1 is 0.956 bits per heavy atom. The van der Waals surface area contributed by atoms with Gasteiger partial charge in [-0.2, -0.15) is 0 Å². The molecule has 0 saturated heterocycles. The van der Waals surface area contributed by atoms with Gasteiger partial charge in [-0.25, -0.2) is 9.59 Å². The molecule has 250 valence electrons. The van der Waals surface area contributed by atoms with E-state index in [-0.39, 0.29) is 13.0 Å². The molecule has 1 aromatic rings. The van der Waals surface area contributed by atoms with Crippen LogP contribution in [0.3, 0.4) is 0 Å². The molecule has 45 heavy (non-hydrogen) atoms. The van der Waals surface area contributed by atoms with Crippen LogP contribution in [0.25, 0.3) is 0 Å². The average Bonchev–Trinajstić information content (AvgIpc) is 3.00. The van der Waals surface area contributed by atoms with Crippen molar-refractivity contribution in [3.63, 3.8) is 0 Å². The van der Waals surface area contributed by atoms with Crippen LogP contribution in [0.4, 0.5) is 0 Å². The highest BCUT2D eigenvalue weighted by Gasteiger charge is 2.47. The van der Waals surface area contributed by atoms with Crippen LogP contribution in [0, 0.1) is 17.8 Å². The summed E-state index contributed by atoms with van der Waals surface area (Å²) < 4.78 is 5.45. The van der Waals surface area contributed by atoms with Crippen LogP contribution in [0.2, 0.25) is 0 Å². The first-order valence-corrected chi connectivity index (χ1v) is 16.0. The Morgan fingerprint density at radius 2 is 1.58 bits per heavy atom. The number of aliphatic carboxylic acids is 2. The van der Waals surface area contributed by atoms with Gasteiger partial charge >= 0.3 is 11.9 Å². The molecular weight excluding hydrogens is 578 g/mol. The number of rotatable bonds is 25. The summed E-state index contributed by atoms with van der Waals surface area (Å²) >= 11 is 0. The van der Waals surface area contributed by atoms with Crippen LogP contribution in [0.5, 0.6) is 5.75 Å². The van der Waals surface area contributed by atoms with Gasteiger partial charge < -0.3 is 30.5 Å². The number of unbranched alkanes of at least 4 members (excludes halogenated alkanes) is 8. The van der Waals surface area contributed by atoms with Crippen molar-refractivity contribution in [3.8, 4) is 17.6 Å². The number of allylic oxidation sites excluding steroid dienone is 1. The number of benzene rings is 1. The molecule has 0 aliphatic carbocycles. The quantitative estimate of drug-likeness (QED) is 0.0577. The lowest BCUT2D eigenvalue weighted by molar-refractivity contribution is -0.168. The number of carbonyl (C=O) groups is 4. The molecule has 10 nitrogen and oxygen atoms in total. The summed E-state index contributed by atoms with van der Waals surface area (Å²) in [5, 5.41) is 42.3. The lowest BCUT2D eigenvalue weighted by atomic mass is 9.83. The molecular formula is C35H51NO9. The van der Waals surface area contributed by atoms with Gasteiger partial charge in [0.05, 0.1) is 5.92 Å². The van der Waals surface area contributed by atoms with E-state index in [1.54, 1.807) is 37.3 Å². The van der Waals surface area contributed by atoms with Gasteiger partial charge in [0.25, 0.3) is 0 Å². The molecule has 1 aromatic carbocycles. The highest BCUT2D eigenvalue weighted by atomic mass is 16.5. The Kier molecular flexibility index (Phi) is 19.9. The maximum absolute atomic E-state index is 13.3. The van der Waals surface area contributed by atoms with E-state index in [9.17, 15) is 39.6 Å². The van der Waals surface area contributed by atoms with Gasteiger partial charge in [-0.05, 0) is 50.3 Å². The molecule has 0 saturated carbocycles. The Morgan fingerprint density at radius 3 is 2.13 bits per heavy atom. The van der Waals surface area contributed by atoms with E-state index in [4.69, 9.17) is 4.74 Å². The predicted molar refractivity (Wildman–Crippen MR) is 172 cm³/mol. The highest BCUT2D eigenvalue weighted by molar-refractivity contribution is 5.92. The van der Waals surface area contributed by atoms with Crippen LogP contribution < -0.4 is 10.1 Å². The smallest absolute Gasteiger partial charge is 0.336 e. The normalized spacial score (nSPS) is 13.7. The Labute approximate surface area is 267 Å². The third kappa shape index (κ3) is 15.7. The maximum atomic E-state index is 13.3. The molecule has 0 unspecified atom stereocenters. The number of amides is 1. The highest BCUT2D eigenvalue weighted by Crippen LogP contribution is 2.25. The zero-order chi connectivity index (χ0) is 33.5. The van der Waals surface area contributed by atoms with Crippen molar-refractivity contribution < 1.29 is 44.3 Å². The number of aliphatic hydroxyl groups is 2. The van der Waals surface area contributed by atoms with Gasteiger partial charge in [0.1, 0.15) is 24.2 Å². The molecule has 0 radical (unpaired) electrons. The van der Waals surface area contributed by atoms with Crippen molar-refractivity contribution in [2.24, 2.45) is 5.92 Å². The maximum Gasteiger partial charge on any atom is 0.336 e. The van der Waals surface area contributed by atoms with E-state index in [1.807, 2.05) is 0 Å². The average molecular weight is 630 g/mol. The van der Waals surface area contributed by atoms with Gasteiger partial charge in [0.15, 0.2) is 5.60 Å². The van der Waals surface area contributed by atoms with Gasteiger partial charge in [-0.15, -0.1) is 5.92 Å². The van der Waals surface area contributed by atoms with Crippen molar-refractivity contribution >= 4 is 23.6 Å². The van der Waals surface area contributed by atoms with Crippen molar-refractivity contribution in [2.45, 2.75) is 115 Å². The van der Waals surface area contributed by atoms with Crippen molar-refractivity contribution in [3.05, 3.63) is 42.0 Å². The number of nitrogens with one attached hydrogen (secondary N) is 1.